The van der Waals surface area contributed by atoms with Crippen molar-refractivity contribution < 1.29 is 39.5 Å². The molecule has 0 aliphatic carbocycles. The summed E-state index contributed by atoms with van der Waals surface area (Å²) in [6.07, 6.45) is 3.71. The summed E-state index contributed by atoms with van der Waals surface area (Å²) in [5.74, 6) is -0.727. The molecule has 2 aromatic rings. The van der Waals surface area contributed by atoms with Gasteiger partial charge in [0.2, 0.25) is 0 Å². The minimum absolute atomic E-state index is 0. The van der Waals surface area contributed by atoms with Gasteiger partial charge in [0, 0.05) is 23.5 Å². The molecule has 0 saturated heterocycles. The first-order valence-corrected chi connectivity index (χ1v) is 5.04. The molecule has 16 heavy (non-hydrogen) atoms. The van der Waals surface area contributed by atoms with Gasteiger partial charge in [-0.25, -0.2) is 0 Å². The number of aryl methyl sites for hydroxylation is 1. The fourth-order valence-electron chi connectivity index (χ4n) is 1.77. The molecule has 4 heteroatoms. The molecular formula is C12H13NNaO2+. The number of hydrogen-bond acceptors (Lipinski definition) is 1. The van der Waals surface area contributed by atoms with Crippen molar-refractivity contribution in [1.82, 2.24) is 4.98 Å². The molecule has 1 aromatic carbocycles. The molecule has 2 rings (SSSR count). The van der Waals surface area contributed by atoms with Crippen LogP contribution in [-0.4, -0.2) is 16.1 Å². The van der Waals surface area contributed by atoms with Crippen LogP contribution in [0, 0.1) is 0 Å². The number of aliphatic carboxylic acids is 1. The zero-order chi connectivity index (χ0) is 10.7. The second kappa shape index (κ2) is 6.09. The van der Waals surface area contributed by atoms with Crippen LogP contribution in [0.15, 0.2) is 30.5 Å². The van der Waals surface area contributed by atoms with E-state index in [1.54, 1.807) is 0 Å². The van der Waals surface area contributed by atoms with E-state index in [0.717, 1.165) is 11.9 Å². The predicted octanol–water partition coefficient (Wildman–Crippen LogP) is -0.421. The van der Waals surface area contributed by atoms with E-state index in [0.29, 0.717) is 6.42 Å². The number of carbonyl (C=O) groups is 1. The molecule has 78 valence electrons. The molecule has 1 heterocycles. The van der Waals surface area contributed by atoms with E-state index in [2.05, 4.69) is 11.1 Å². The smallest absolute Gasteiger partial charge is 0.481 e. The molecule has 3 nitrogen and oxygen atoms in total. The molecule has 1 aromatic heterocycles. The number of carboxylic acid groups (broad SMARTS) is 1. The number of fused-ring (bicyclic) bond motifs is 1. The fourth-order valence-corrected chi connectivity index (χ4v) is 1.77. The van der Waals surface area contributed by atoms with Crippen molar-refractivity contribution in [2.75, 3.05) is 0 Å². The first kappa shape index (κ1) is 13.3. The summed E-state index contributed by atoms with van der Waals surface area (Å²) >= 11 is 0. The third-order valence-electron chi connectivity index (χ3n) is 2.51. The van der Waals surface area contributed by atoms with Gasteiger partial charge >= 0.3 is 35.5 Å². The molecule has 2 N–H and O–H groups in total. The van der Waals surface area contributed by atoms with E-state index >= 15 is 0 Å². The van der Waals surface area contributed by atoms with Crippen LogP contribution in [0.2, 0.25) is 0 Å². The standard InChI is InChI=1S/C12H13NO2.Na/c14-12(15)7-3-4-9-8-13-11-6-2-1-5-10(9)11;/h1-2,5-6,8,13H,3-4,7H2,(H,14,15);/q;+1. The maximum Gasteiger partial charge on any atom is 1.00 e. The van der Waals surface area contributed by atoms with Crippen LogP contribution in [0.1, 0.15) is 18.4 Å². The maximum atomic E-state index is 10.4. The minimum Gasteiger partial charge on any atom is -0.481 e. The maximum absolute atomic E-state index is 10.4. The minimum atomic E-state index is -0.727. The van der Waals surface area contributed by atoms with Crippen LogP contribution in [0.25, 0.3) is 10.9 Å². The first-order valence-electron chi connectivity index (χ1n) is 5.04. The number of benzene rings is 1. The number of aromatic amines is 1. The van der Waals surface area contributed by atoms with E-state index in [9.17, 15) is 4.79 Å². The van der Waals surface area contributed by atoms with Gasteiger partial charge in [0.05, 0.1) is 0 Å². The fraction of sp³-hybridized carbons (Fsp3) is 0.250. The SMILES string of the molecule is O=C(O)CCCc1c[nH]c2ccccc12.[Na+]. The molecule has 0 aliphatic rings. The second-order valence-corrected chi connectivity index (χ2v) is 3.61. The van der Waals surface area contributed by atoms with E-state index < -0.39 is 5.97 Å². The summed E-state index contributed by atoms with van der Waals surface area (Å²) in [7, 11) is 0. The van der Waals surface area contributed by atoms with Crippen molar-refractivity contribution in [1.29, 1.82) is 0 Å². The van der Waals surface area contributed by atoms with Gasteiger partial charge in [0.25, 0.3) is 0 Å². The summed E-state index contributed by atoms with van der Waals surface area (Å²) in [6.45, 7) is 0. The second-order valence-electron chi connectivity index (χ2n) is 3.61. The van der Waals surface area contributed by atoms with Crippen molar-refractivity contribution in [2.24, 2.45) is 0 Å². The topological polar surface area (TPSA) is 53.1 Å². The largest absolute Gasteiger partial charge is 1.00 e. The van der Waals surface area contributed by atoms with Crippen molar-refractivity contribution in [3.8, 4) is 0 Å². The Labute approximate surface area is 116 Å². The van der Waals surface area contributed by atoms with Crippen molar-refractivity contribution in [3.05, 3.63) is 36.0 Å². The summed E-state index contributed by atoms with van der Waals surface area (Å²) in [5.41, 5.74) is 2.31. The molecule has 0 atom stereocenters. The number of carboxylic acids is 1. The Hall–Kier alpha value is -0.770. The number of para-hydroxylation sites is 1. The van der Waals surface area contributed by atoms with Gasteiger partial charge < -0.3 is 10.1 Å². The van der Waals surface area contributed by atoms with Crippen LogP contribution in [0.3, 0.4) is 0 Å². The third kappa shape index (κ3) is 3.11. The molecule has 0 spiro atoms. The number of hydrogen-bond donors (Lipinski definition) is 2. The average Bonchev–Trinajstić information content (AvgIpc) is 2.62. The Morgan fingerprint density at radius 1 is 1.31 bits per heavy atom. The van der Waals surface area contributed by atoms with Crippen LogP contribution < -0.4 is 29.6 Å². The van der Waals surface area contributed by atoms with Crippen LogP contribution in [0.4, 0.5) is 0 Å². The van der Waals surface area contributed by atoms with Crippen LogP contribution in [-0.2, 0) is 11.2 Å². The van der Waals surface area contributed by atoms with E-state index in [1.165, 1.54) is 10.9 Å². The van der Waals surface area contributed by atoms with Crippen molar-refractivity contribution in [3.63, 3.8) is 0 Å². The Morgan fingerprint density at radius 3 is 2.81 bits per heavy atom. The van der Waals surface area contributed by atoms with Gasteiger partial charge in [-0.2, -0.15) is 0 Å². The van der Waals surface area contributed by atoms with Crippen LogP contribution in [0.5, 0.6) is 0 Å². The zero-order valence-corrected chi connectivity index (χ0v) is 11.4. The Bertz CT molecular complexity index is 479. The average molecular weight is 226 g/mol. The van der Waals surface area contributed by atoms with Gasteiger partial charge in [-0.1, -0.05) is 18.2 Å². The van der Waals surface area contributed by atoms with E-state index in [-0.39, 0.29) is 36.0 Å². The third-order valence-corrected chi connectivity index (χ3v) is 2.51. The number of H-pyrrole nitrogens is 1. The number of rotatable bonds is 4. The quantitative estimate of drug-likeness (QED) is 0.696. The van der Waals surface area contributed by atoms with E-state index in [4.69, 9.17) is 5.11 Å². The molecule has 0 aliphatic heterocycles. The number of nitrogens with one attached hydrogen (secondary N) is 1. The van der Waals surface area contributed by atoms with Crippen molar-refractivity contribution in [2.45, 2.75) is 19.3 Å². The molecule has 0 fully saturated rings. The van der Waals surface area contributed by atoms with Gasteiger partial charge in [0.1, 0.15) is 0 Å². The predicted molar refractivity (Wildman–Crippen MR) is 58.9 cm³/mol. The molecule has 0 unspecified atom stereocenters. The molecule has 0 saturated carbocycles. The Kier molecular flexibility index (Phi) is 5.06. The summed E-state index contributed by atoms with van der Waals surface area (Å²) < 4.78 is 0. The van der Waals surface area contributed by atoms with Gasteiger partial charge in [-0.15, -0.1) is 0 Å². The zero-order valence-electron chi connectivity index (χ0n) is 9.36. The van der Waals surface area contributed by atoms with Crippen LogP contribution >= 0.6 is 0 Å². The first-order chi connectivity index (χ1) is 7.27. The summed E-state index contributed by atoms with van der Waals surface area (Å²) in [6, 6.07) is 8.06. The molecular weight excluding hydrogens is 213 g/mol. The van der Waals surface area contributed by atoms with Gasteiger partial charge in [-0.3, -0.25) is 4.79 Å². The molecule has 0 amide bonds. The Morgan fingerprint density at radius 2 is 2.06 bits per heavy atom. The summed E-state index contributed by atoms with van der Waals surface area (Å²) in [4.78, 5) is 13.6. The van der Waals surface area contributed by atoms with E-state index in [1.807, 2.05) is 24.4 Å². The Balaban J connectivity index is 0.00000128. The summed E-state index contributed by atoms with van der Waals surface area (Å²) in [5, 5.41) is 9.74. The molecule has 0 radical (unpaired) electrons. The normalized spacial score (nSPS) is 10.0. The van der Waals surface area contributed by atoms with Crippen molar-refractivity contribution >= 4 is 16.9 Å². The number of aromatic nitrogens is 1. The molecule has 0 bridgehead atoms. The monoisotopic (exact) mass is 226 g/mol. The van der Waals surface area contributed by atoms with Gasteiger partial charge in [-0.05, 0) is 24.5 Å². The van der Waals surface area contributed by atoms with Gasteiger partial charge in [0.15, 0.2) is 0 Å².